The van der Waals surface area contributed by atoms with Gasteiger partial charge in [-0.1, -0.05) is 6.92 Å². The molecule has 0 atom stereocenters. The molecule has 20 heavy (non-hydrogen) atoms. The molecule has 0 aromatic heterocycles. The monoisotopic (exact) mass is 281 g/mol. The molecule has 0 aliphatic rings. The predicted molar refractivity (Wildman–Crippen MR) is 76.1 cm³/mol. The average Bonchev–Trinajstić information content (AvgIpc) is 2.43. The van der Waals surface area contributed by atoms with Gasteiger partial charge in [-0.05, 0) is 19.4 Å². The molecule has 7 nitrogen and oxygen atoms in total. The number of amides is 1. The summed E-state index contributed by atoms with van der Waals surface area (Å²) < 4.78 is 5.23. The first-order valence-corrected chi connectivity index (χ1v) is 6.50. The Kier molecular flexibility index (Phi) is 6.28. The first kappa shape index (κ1) is 15.7. The molecular formula is C13H19N3O4. The largest absolute Gasteiger partial charge is 0.487 e. The molecular weight excluding hydrogens is 262 g/mol. The van der Waals surface area contributed by atoms with Gasteiger partial charge in [-0.3, -0.25) is 14.9 Å². The van der Waals surface area contributed by atoms with Crippen molar-refractivity contribution in [3.05, 3.63) is 28.3 Å². The maximum Gasteiger partial charge on any atom is 0.311 e. The summed E-state index contributed by atoms with van der Waals surface area (Å²) in [6.07, 6.45) is 0.873. The molecule has 2 N–H and O–H groups in total. The van der Waals surface area contributed by atoms with Gasteiger partial charge in [-0.25, -0.2) is 0 Å². The molecule has 0 heterocycles. The Morgan fingerprint density at radius 1 is 1.40 bits per heavy atom. The Bertz CT molecular complexity index is 477. The molecule has 110 valence electrons. The van der Waals surface area contributed by atoms with Crippen LogP contribution in [0.3, 0.4) is 0 Å². The van der Waals surface area contributed by atoms with Gasteiger partial charge >= 0.3 is 5.69 Å². The molecule has 1 amide bonds. The predicted octanol–water partition coefficient (Wildman–Crippen LogP) is 1.93. The molecule has 0 bridgehead atoms. The third kappa shape index (κ3) is 4.75. The number of nitro benzene ring substituents is 1. The lowest BCUT2D eigenvalue weighted by Crippen LogP contribution is -2.30. The zero-order chi connectivity index (χ0) is 15.0. The van der Waals surface area contributed by atoms with E-state index < -0.39 is 4.92 Å². The summed E-state index contributed by atoms with van der Waals surface area (Å²) in [7, 11) is 0. The smallest absolute Gasteiger partial charge is 0.311 e. The second kappa shape index (κ2) is 7.98. The van der Waals surface area contributed by atoms with E-state index in [1.54, 1.807) is 13.0 Å². The van der Waals surface area contributed by atoms with Crippen molar-refractivity contribution in [3.8, 4) is 5.75 Å². The number of carbonyl (C=O) groups excluding carboxylic acids is 1. The standard InChI is InChI=1S/C13H19N3O4/c1-3-7-14-13(17)9-15-10-5-6-11(16(18)19)12(8-10)20-4-2/h5-6,8,15H,3-4,7,9H2,1-2H3,(H,14,17). The minimum absolute atomic E-state index is 0.0900. The van der Waals surface area contributed by atoms with Crippen molar-refractivity contribution in [1.29, 1.82) is 0 Å². The lowest BCUT2D eigenvalue weighted by atomic mass is 10.2. The molecule has 0 spiro atoms. The van der Waals surface area contributed by atoms with E-state index in [4.69, 9.17) is 4.74 Å². The van der Waals surface area contributed by atoms with Crippen LogP contribution in [0.4, 0.5) is 11.4 Å². The van der Waals surface area contributed by atoms with E-state index in [0.717, 1.165) is 6.42 Å². The lowest BCUT2D eigenvalue weighted by Gasteiger charge is -2.09. The summed E-state index contributed by atoms with van der Waals surface area (Å²) in [6, 6.07) is 4.43. The van der Waals surface area contributed by atoms with Crippen LogP contribution in [-0.4, -0.2) is 30.5 Å². The van der Waals surface area contributed by atoms with Crippen molar-refractivity contribution in [2.75, 3.05) is 25.0 Å². The number of rotatable bonds is 8. The Labute approximate surface area is 117 Å². The van der Waals surface area contributed by atoms with Crippen molar-refractivity contribution in [3.63, 3.8) is 0 Å². The van der Waals surface area contributed by atoms with E-state index in [0.29, 0.717) is 18.8 Å². The quantitative estimate of drug-likeness (QED) is 0.561. The van der Waals surface area contributed by atoms with E-state index in [9.17, 15) is 14.9 Å². The Hall–Kier alpha value is -2.31. The number of nitro groups is 1. The van der Waals surface area contributed by atoms with Crippen molar-refractivity contribution >= 4 is 17.3 Å². The number of ether oxygens (including phenoxy) is 1. The molecule has 0 fully saturated rings. The highest BCUT2D eigenvalue weighted by Crippen LogP contribution is 2.29. The number of nitrogens with one attached hydrogen (secondary N) is 2. The van der Waals surface area contributed by atoms with Crippen LogP contribution in [0.15, 0.2) is 18.2 Å². The average molecular weight is 281 g/mol. The zero-order valence-corrected chi connectivity index (χ0v) is 11.6. The van der Waals surface area contributed by atoms with Crippen molar-refractivity contribution in [2.24, 2.45) is 0 Å². The third-order valence-corrected chi connectivity index (χ3v) is 2.48. The van der Waals surface area contributed by atoms with Crippen LogP contribution in [0.1, 0.15) is 20.3 Å². The summed E-state index contributed by atoms with van der Waals surface area (Å²) in [5.41, 5.74) is 0.513. The topological polar surface area (TPSA) is 93.5 Å². The van der Waals surface area contributed by atoms with Gasteiger partial charge in [-0.15, -0.1) is 0 Å². The molecule has 0 unspecified atom stereocenters. The molecule has 1 rings (SSSR count). The van der Waals surface area contributed by atoms with Gasteiger partial charge in [0.15, 0.2) is 5.75 Å². The summed E-state index contributed by atoms with van der Waals surface area (Å²) in [4.78, 5) is 21.8. The molecule has 0 saturated heterocycles. The van der Waals surface area contributed by atoms with Crippen LogP contribution in [0.5, 0.6) is 5.75 Å². The number of nitrogens with zero attached hydrogens (tertiary/aromatic N) is 1. The Balaban J connectivity index is 2.69. The number of carbonyl (C=O) groups is 1. The summed E-state index contributed by atoms with van der Waals surface area (Å²) >= 11 is 0. The molecule has 1 aromatic carbocycles. The Morgan fingerprint density at radius 2 is 2.15 bits per heavy atom. The van der Waals surface area contributed by atoms with Gasteiger partial charge < -0.3 is 15.4 Å². The van der Waals surface area contributed by atoms with E-state index in [2.05, 4.69) is 10.6 Å². The minimum Gasteiger partial charge on any atom is -0.487 e. The fraction of sp³-hybridized carbons (Fsp3) is 0.462. The molecule has 0 saturated carbocycles. The number of hydrogen-bond acceptors (Lipinski definition) is 5. The van der Waals surface area contributed by atoms with Crippen LogP contribution in [0.25, 0.3) is 0 Å². The van der Waals surface area contributed by atoms with Gasteiger partial charge in [0.25, 0.3) is 0 Å². The van der Waals surface area contributed by atoms with Crippen LogP contribution < -0.4 is 15.4 Å². The van der Waals surface area contributed by atoms with E-state index in [1.807, 2.05) is 6.92 Å². The van der Waals surface area contributed by atoms with Gasteiger partial charge in [0.1, 0.15) is 0 Å². The second-order valence-corrected chi connectivity index (χ2v) is 4.08. The first-order valence-electron chi connectivity index (χ1n) is 6.50. The number of anilines is 1. The van der Waals surface area contributed by atoms with E-state index in [-0.39, 0.29) is 23.9 Å². The highest BCUT2D eigenvalue weighted by Gasteiger charge is 2.15. The van der Waals surface area contributed by atoms with E-state index in [1.165, 1.54) is 12.1 Å². The highest BCUT2D eigenvalue weighted by atomic mass is 16.6. The summed E-state index contributed by atoms with van der Waals surface area (Å²) in [6.45, 7) is 4.80. The molecule has 1 aromatic rings. The van der Waals surface area contributed by atoms with Gasteiger partial charge in [0.2, 0.25) is 5.91 Å². The maximum absolute atomic E-state index is 11.4. The number of hydrogen-bond donors (Lipinski definition) is 2. The van der Waals surface area contributed by atoms with Gasteiger partial charge in [0.05, 0.1) is 18.1 Å². The van der Waals surface area contributed by atoms with Gasteiger partial charge in [0, 0.05) is 24.4 Å². The fourth-order valence-corrected chi connectivity index (χ4v) is 1.56. The molecule has 0 aliphatic heterocycles. The van der Waals surface area contributed by atoms with Crippen molar-refractivity contribution in [2.45, 2.75) is 20.3 Å². The fourth-order valence-electron chi connectivity index (χ4n) is 1.56. The maximum atomic E-state index is 11.4. The van der Waals surface area contributed by atoms with Crippen LogP contribution in [0, 0.1) is 10.1 Å². The summed E-state index contributed by atoms with van der Waals surface area (Å²) in [5.74, 6) is 0.0691. The van der Waals surface area contributed by atoms with Crippen LogP contribution in [-0.2, 0) is 4.79 Å². The first-order chi connectivity index (χ1) is 9.58. The van der Waals surface area contributed by atoms with E-state index >= 15 is 0 Å². The Morgan fingerprint density at radius 3 is 2.75 bits per heavy atom. The summed E-state index contributed by atoms with van der Waals surface area (Å²) in [5, 5.41) is 16.5. The minimum atomic E-state index is -0.497. The van der Waals surface area contributed by atoms with Crippen LogP contribution >= 0.6 is 0 Å². The molecule has 0 aliphatic carbocycles. The number of benzene rings is 1. The van der Waals surface area contributed by atoms with Crippen LogP contribution in [0.2, 0.25) is 0 Å². The molecule has 0 radical (unpaired) electrons. The van der Waals surface area contributed by atoms with Gasteiger partial charge in [-0.2, -0.15) is 0 Å². The van der Waals surface area contributed by atoms with Crippen molar-refractivity contribution in [1.82, 2.24) is 5.32 Å². The SMILES string of the molecule is CCCNC(=O)CNc1ccc([N+](=O)[O-])c(OCC)c1. The molecule has 7 heteroatoms. The second-order valence-electron chi connectivity index (χ2n) is 4.08. The van der Waals surface area contributed by atoms with Crippen molar-refractivity contribution < 1.29 is 14.5 Å². The lowest BCUT2D eigenvalue weighted by molar-refractivity contribution is -0.385. The highest BCUT2D eigenvalue weighted by molar-refractivity contribution is 5.80. The normalized spacial score (nSPS) is 9.90. The zero-order valence-electron chi connectivity index (χ0n) is 11.6. The third-order valence-electron chi connectivity index (χ3n) is 2.48.